The van der Waals surface area contributed by atoms with Crippen LogP contribution >= 0.6 is 0 Å². The zero-order valence-corrected chi connectivity index (χ0v) is 9.23. The fourth-order valence-electron chi connectivity index (χ4n) is 0.955. The van der Waals surface area contributed by atoms with E-state index >= 15 is 0 Å². The molecule has 0 atom stereocenters. The first-order valence-corrected chi connectivity index (χ1v) is 4.79. The lowest BCUT2D eigenvalue weighted by Crippen LogP contribution is -2.21. The summed E-state index contributed by atoms with van der Waals surface area (Å²) >= 11 is 0. The predicted octanol–water partition coefficient (Wildman–Crippen LogP) is 3.04. The van der Waals surface area contributed by atoms with E-state index in [1.54, 1.807) is 0 Å². The maximum absolute atomic E-state index is 11.2. The van der Waals surface area contributed by atoms with Crippen LogP contribution in [0.2, 0.25) is 0 Å². The molecule has 0 saturated heterocycles. The normalized spacial score (nSPS) is 11.7. The molecule has 1 aromatic carbocycles. The molecule has 1 rings (SSSR count). The second-order valence-electron chi connectivity index (χ2n) is 4.15. The first kappa shape index (κ1) is 11.4. The van der Waals surface area contributed by atoms with E-state index in [0.717, 1.165) is 5.56 Å². The van der Waals surface area contributed by atoms with Gasteiger partial charge in [-0.25, -0.2) is 4.79 Å². The smallest absolute Gasteiger partial charge is 0.434 e. The Morgan fingerprint density at radius 3 is 2.40 bits per heavy atom. The summed E-state index contributed by atoms with van der Waals surface area (Å²) in [6.45, 7) is 5.43. The summed E-state index contributed by atoms with van der Waals surface area (Å²) < 4.78 is 5.02. The van der Waals surface area contributed by atoms with Gasteiger partial charge in [0.05, 0.1) is 0 Å². The van der Waals surface area contributed by atoms with E-state index in [1.165, 1.54) is 6.21 Å². The molecule has 0 N–H and O–H groups in total. The Bertz CT molecular complexity index is 350. The molecule has 0 aliphatic rings. The predicted molar refractivity (Wildman–Crippen MR) is 60.3 cm³/mol. The number of benzene rings is 1. The number of amides is 1. The molecule has 80 valence electrons. The Morgan fingerprint density at radius 1 is 1.27 bits per heavy atom. The summed E-state index contributed by atoms with van der Waals surface area (Å²) in [5.74, 6) is 0. The maximum Gasteiger partial charge on any atom is 0.434 e. The third-order valence-corrected chi connectivity index (χ3v) is 1.51. The third-order valence-electron chi connectivity index (χ3n) is 1.51. The molecule has 1 aromatic rings. The molecule has 0 fully saturated rings. The van der Waals surface area contributed by atoms with Crippen LogP contribution in [0, 0.1) is 0 Å². The van der Waals surface area contributed by atoms with Gasteiger partial charge in [-0.05, 0) is 26.3 Å². The summed E-state index contributed by atoms with van der Waals surface area (Å²) in [6, 6.07) is 9.42. The molecule has 15 heavy (non-hydrogen) atoms. The number of hydrogen-bond acceptors (Lipinski definition) is 2. The molecule has 0 bridgehead atoms. The summed E-state index contributed by atoms with van der Waals surface area (Å²) in [5.41, 5.74) is 0.383. The van der Waals surface area contributed by atoms with Crippen molar-refractivity contribution >= 4 is 12.3 Å². The van der Waals surface area contributed by atoms with Crippen LogP contribution in [0.1, 0.15) is 26.3 Å². The molecular formula is C12H15NO2. The molecular weight excluding hydrogens is 190 g/mol. The lowest BCUT2D eigenvalue weighted by molar-refractivity contribution is 0.0605. The summed E-state index contributed by atoms with van der Waals surface area (Å²) in [6.07, 6.45) is 0.931. The van der Waals surface area contributed by atoms with Crippen LogP contribution in [0.4, 0.5) is 4.79 Å². The minimum absolute atomic E-state index is 0.495. The summed E-state index contributed by atoms with van der Waals surface area (Å²) in [7, 11) is 0. The van der Waals surface area contributed by atoms with Gasteiger partial charge in [0.25, 0.3) is 0 Å². The van der Waals surface area contributed by atoms with Gasteiger partial charge >= 0.3 is 6.09 Å². The van der Waals surface area contributed by atoms with Gasteiger partial charge < -0.3 is 4.74 Å². The van der Waals surface area contributed by atoms with Gasteiger partial charge in [-0.2, -0.15) is 4.99 Å². The van der Waals surface area contributed by atoms with Crippen LogP contribution in [-0.4, -0.2) is 17.9 Å². The minimum atomic E-state index is -0.564. The molecule has 1 amide bonds. The van der Waals surface area contributed by atoms with Crippen molar-refractivity contribution in [2.75, 3.05) is 0 Å². The molecule has 0 radical (unpaired) electrons. The van der Waals surface area contributed by atoms with Gasteiger partial charge in [-0.1, -0.05) is 30.3 Å². The van der Waals surface area contributed by atoms with E-state index < -0.39 is 11.7 Å². The maximum atomic E-state index is 11.2. The SMILES string of the molecule is CC(C)(C)OC(=O)/N=C/c1ccccc1. The average molecular weight is 205 g/mol. The lowest BCUT2D eigenvalue weighted by atomic mass is 10.2. The highest BCUT2D eigenvalue weighted by Gasteiger charge is 2.14. The van der Waals surface area contributed by atoms with Crippen LogP contribution in [0.5, 0.6) is 0 Å². The van der Waals surface area contributed by atoms with Gasteiger partial charge in [0.15, 0.2) is 0 Å². The van der Waals surface area contributed by atoms with Crippen molar-refractivity contribution in [2.24, 2.45) is 4.99 Å². The molecule has 0 spiro atoms. The number of nitrogens with zero attached hydrogens (tertiary/aromatic N) is 1. The number of ether oxygens (including phenoxy) is 1. The fourth-order valence-corrected chi connectivity index (χ4v) is 0.955. The quantitative estimate of drug-likeness (QED) is 0.661. The number of carbonyl (C=O) groups excluding carboxylic acids is 1. The van der Waals surface area contributed by atoms with Crippen molar-refractivity contribution in [3.8, 4) is 0 Å². The average Bonchev–Trinajstić information content (AvgIpc) is 2.14. The Hall–Kier alpha value is -1.64. The second kappa shape index (κ2) is 4.73. The van der Waals surface area contributed by atoms with Gasteiger partial charge in [-0.3, -0.25) is 0 Å². The first-order chi connectivity index (χ1) is 6.97. The second-order valence-corrected chi connectivity index (χ2v) is 4.15. The van der Waals surface area contributed by atoms with Crippen LogP contribution < -0.4 is 0 Å². The highest BCUT2D eigenvalue weighted by Crippen LogP contribution is 2.07. The fraction of sp³-hybridized carbons (Fsp3) is 0.333. The van der Waals surface area contributed by atoms with Crippen LogP contribution in [0.15, 0.2) is 35.3 Å². The van der Waals surface area contributed by atoms with E-state index in [1.807, 2.05) is 51.1 Å². The van der Waals surface area contributed by atoms with Crippen molar-refractivity contribution in [3.05, 3.63) is 35.9 Å². The first-order valence-electron chi connectivity index (χ1n) is 4.79. The topological polar surface area (TPSA) is 38.7 Å². The number of rotatable bonds is 1. The highest BCUT2D eigenvalue weighted by atomic mass is 16.6. The third kappa shape index (κ3) is 4.96. The Labute approximate surface area is 89.8 Å². The van der Waals surface area contributed by atoms with Gasteiger partial charge in [-0.15, -0.1) is 0 Å². The molecule has 0 aromatic heterocycles. The lowest BCUT2D eigenvalue weighted by Gasteiger charge is -2.16. The summed E-state index contributed by atoms with van der Waals surface area (Å²) in [4.78, 5) is 14.9. The zero-order valence-electron chi connectivity index (χ0n) is 9.23. The van der Waals surface area contributed by atoms with Crippen molar-refractivity contribution in [1.82, 2.24) is 0 Å². The standard InChI is InChI=1S/C12H15NO2/c1-12(2,3)15-11(14)13-9-10-7-5-4-6-8-10/h4-9H,1-3H3/b13-9+. The van der Waals surface area contributed by atoms with Crippen LogP contribution in [0.3, 0.4) is 0 Å². The van der Waals surface area contributed by atoms with Crippen molar-refractivity contribution in [2.45, 2.75) is 26.4 Å². The minimum Gasteiger partial charge on any atom is -0.442 e. The monoisotopic (exact) mass is 205 g/mol. The molecule has 0 heterocycles. The van der Waals surface area contributed by atoms with E-state index in [0.29, 0.717) is 0 Å². The Kier molecular flexibility index (Phi) is 3.61. The highest BCUT2D eigenvalue weighted by molar-refractivity contribution is 5.88. The zero-order chi connectivity index (χ0) is 11.3. The van der Waals surface area contributed by atoms with Gasteiger partial charge in [0.2, 0.25) is 0 Å². The molecule has 0 aliphatic carbocycles. The van der Waals surface area contributed by atoms with Crippen LogP contribution in [0.25, 0.3) is 0 Å². The molecule has 0 aliphatic heterocycles. The molecule has 3 heteroatoms. The van der Waals surface area contributed by atoms with Crippen molar-refractivity contribution in [1.29, 1.82) is 0 Å². The molecule has 3 nitrogen and oxygen atoms in total. The number of hydrogen-bond donors (Lipinski definition) is 0. The van der Waals surface area contributed by atoms with Crippen molar-refractivity contribution < 1.29 is 9.53 Å². The van der Waals surface area contributed by atoms with Crippen molar-refractivity contribution in [3.63, 3.8) is 0 Å². The number of aliphatic imine (C=N–C) groups is 1. The van der Waals surface area contributed by atoms with E-state index in [4.69, 9.17) is 4.74 Å². The van der Waals surface area contributed by atoms with E-state index in [9.17, 15) is 4.79 Å². The summed E-state index contributed by atoms with van der Waals surface area (Å²) in [5, 5.41) is 0. The molecule has 0 saturated carbocycles. The largest absolute Gasteiger partial charge is 0.442 e. The number of carbonyl (C=O) groups is 1. The van der Waals surface area contributed by atoms with E-state index in [-0.39, 0.29) is 0 Å². The Balaban J connectivity index is 2.56. The van der Waals surface area contributed by atoms with Gasteiger partial charge in [0.1, 0.15) is 5.60 Å². The van der Waals surface area contributed by atoms with Crippen LogP contribution in [-0.2, 0) is 4.74 Å². The van der Waals surface area contributed by atoms with E-state index in [2.05, 4.69) is 4.99 Å². The Morgan fingerprint density at radius 2 is 1.87 bits per heavy atom. The van der Waals surface area contributed by atoms with Gasteiger partial charge in [0, 0.05) is 6.21 Å². The molecule has 0 unspecified atom stereocenters.